The first kappa shape index (κ1) is 15.0. The van der Waals surface area contributed by atoms with Gasteiger partial charge in [-0.1, -0.05) is 13.8 Å². The number of amides is 1. The maximum Gasteiger partial charge on any atom is 0.329 e. The van der Waals surface area contributed by atoms with E-state index in [1.165, 1.54) is 0 Å². The van der Waals surface area contributed by atoms with Crippen molar-refractivity contribution in [1.29, 1.82) is 0 Å². The highest BCUT2D eigenvalue weighted by molar-refractivity contribution is 5.88. The maximum absolute atomic E-state index is 12.3. The number of nitrogens with one attached hydrogen (secondary N) is 1. The van der Waals surface area contributed by atoms with E-state index in [4.69, 9.17) is 0 Å². The van der Waals surface area contributed by atoms with Gasteiger partial charge in [-0.3, -0.25) is 4.79 Å². The van der Waals surface area contributed by atoms with Gasteiger partial charge in [-0.25, -0.2) is 4.79 Å². The minimum Gasteiger partial charge on any atom is -0.480 e. The molecule has 0 aromatic heterocycles. The van der Waals surface area contributed by atoms with Crippen LogP contribution in [-0.2, 0) is 9.59 Å². The summed E-state index contributed by atoms with van der Waals surface area (Å²) in [5, 5.41) is 12.5. The van der Waals surface area contributed by atoms with Crippen LogP contribution in [0.3, 0.4) is 0 Å². The third kappa shape index (κ3) is 3.02. The van der Waals surface area contributed by atoms with Crippen LogP contribution in [0, 0.1) is 5.92 Å². The molecule has 5 nitrogen and oxygen atoms in total. The number of nitrogens with zero attached hydrogens (tertiary/aromatic N) is 1. The van der Waals surface area contributed by atoms with E-state index >= 15 is 0 Å². The lowest BCUT2D eigenvalue weighted by atomic mass is 9.87. The van der Waals surface area contributed by atoms with Crippen molar-refractivity contribution in [2.75, 3.05) is 19.6 Å². The zero-order valence-corrected chi connectivity index (χ0v) is 11.5. The molecule has 1 rings (SSSR count). The van der Waals surface area contributed by atoms with Crippen molar-refractivity contribution in [3.63, 3.8) is 0 Å². The van der Waals surface area contributed by atoms with Crippen LogP contribution in [-0.4, -0.2) is 47.1 Å². The van der Waals surface area contributed by atoms with Gasteiger partial charge in [0.25, 0.3) is 0 Å². The molecular weight excluding hydrogens is 232 g/mol. The first-order valence-corrected chi connectivity index (χ1v) is 6.69. The van der Waals surface area contributed by atoms with Crippen molar-refractivity contribution < 1.29 is 14.7 Å². The monoisotopic (exact) mass is 256 g/mol. The number of carbonyl (C=O) groups is 2. The third-order valence-corrected chi connectivity index (χ3v) is 3.74. The Labute approximate surface area is 109 Å². The second kappa shape index (κ2) is 6.18. The van der Waals surface area contributed by atoms with Gasteiger partial charge < -0.3 is 15.3 Å². The van der Waals surface area contributed by atoms with Crippen LogP contribution in [0.2, 0.25) is 0 Å². The molecule has 2 unspecified atom stereocenters. The summed E-state index contributed by atoms with van der Waals surface area (Å²) in [5.74, 6) is -1.13. The van der Waals surface area contributed by atoms with Crippen LogP contribution in [0.25, 0.3) is 0 Å². The van der Waals surface area contributed by atoms with Gasteiger partial charge in [0.05, 0.1) is 0 Å². The first-order valence-electron chi connectivity index (χ1n) is 6.69. The minimum absolute atomic E-state index is 0.0550. The van der Waals surface area contributed by atoms with Gasteiger partial charge in [-0.05, 0) is 32.7 Å². The van der Waals surface area contributed by atoms with Crippen LogP contribution in [0.1, 0.15) is 40.0 Å². The lowest BCUT2D eigenvalue weighted by Gasteiger charge is -2.42. The van der Waals surface area contributed by atoms with Gasteiger partial charge in [0.15, 0.2) is 0 Å². The molecule has 2 N–H and O–H groups in total. The Kier molecular flexibility index (Phi) is 5.14. The molecule has 0 aromatic rings. The zero-order valence-electron chi connectivity index (χ0n) is 11.5. The molecule has 104 valence electrons. The van der Waals surface area contributed by atoms with Crippen molar-refractivity contribution in [2.45, 2.75) is 45.6 Å². The van der Waals surface area contributed by atoms with E-state index in [2.05, 4.69) is 5.32 Å². The van der Waals surface area contributed by atoms with Crippen LogP contribution in [0.5, 0.6) is 0 Å². The van der Waals surface area contributed by atoms with Gasteiger partial charge in [0, 0.05) is 19.0 Å². The molecule has 0 bridgehead atoms. The van der Waals surface area contributed by atoms with Crippen LogP contribution < -0.4 is 5.32 Å². The second-order valence-corrected chi connectivity index (χ2v) is 5.23. The molecule has 1 heterocycles. The van der Waals surface area contributed by atoms with Crippen LogP contribution in [0.4, 0.5) is 0 Å². The molecule has 1 amide bonds. The summed E-state index contributed by atoms with van der Waals surface area (Å²) in [6.07, 6.45) is 2.30. The number of carboxylic acid groups (broad SMARTS) is 1. The van der Waals surface area contributed by atoms with Crippen molar-refractivity contribution in [3.8, 4) is 0 Å². The Morgan fingerprint density at radius 3 is 2.67 bits per heavy atom. The van der Waals surface area contributed by atoms with Gasteiger partial charge in [0.1, 0.15) is 5.54 Å². The van der Waals surface area contributed by atoms with Gasteiger partial charge in [-0.2, -0.15) is 0 Å². The highest BCUT2D eigenvalue weighted by Gasteiger charge is 2.44. The Bertz CT molecular complexity index is 319. The van der Waals surface area contributed by atoms with E-state index in [-0.39, 0.29) is 11.8 Å². The lowest BCUT2D eigenvalue weighted by Crippen LogP contribution is -2.59. The summed E-state index contributed by atoms with van der Waals surface area (Å²) in [5.41, 5.74) is -1.03. The van der Waals surface area contributed by atoms with E-state index < -0.39 is 11.5 Å². The van der Waals surface area contributed by atoms with E-state index in [1.54, 1.807) is 11.8 Å². The van der Waals surface area contributed by atoms with Gasteiger partial charge >= 0.3 is 5.97 Å². The van der Waals surface area contributed by atoms with E-state index in [0.717, 1.165) is 19.4 Å². The number of hydrogen-bond donors (Lipinski definition) is 2. The number of likely N-dealkylation sites (tertiary alicyclic amines) is 1. The molecule has 1 saturated heterocycles. The standard InChI is InChI=1S/C13H24N2O3/c1-4-14-9-10(2)11(16)15-8-6-5-7-13(15,3)12(17)18/h10,14H,4-9H2,1-3H3,(H,17,18). The van der Waals surface area contributed by atoms with Crippen molar-refractivity contribution in [2.24, 2.45) is 5.92 Å². The zero-order chi connectivity index (χ0) is 13.8. The molecule has 1 aliphatic heterocycles. The van der Waals surface area contributed by atoms with Crippen molar-refractivity contribution >= 4 is 11.9 Å². The molecular formula is C13H24N2O3. The van der Waals surface area contributed by atoms with Crippen molar-refractivity contribution in [1.82, 2.24) is 10.2 Å². The Morgan fingerprint density at radius 1 is 1.44 bits per heavy atom. The predicted molar refractivity (Wildman–Crippen MR) is 69.3 cm³/mol. The molecule has 2 atom stereocenters. The summed E-state index contributed by atoms with van der Waals surface area (Å²) in [6, 6.07) is 0. The average molecular weight is 256 g/mol. The number of hydrogen-bond acceptors (Lipinski definition) is 3. The second-order valence-electron chi connectivity index (χ2n) is 5.23. The Balaban J connectivity index is 2.77. The van der Waals surface area contributed by atoms with Gasteiger partial charge in [0.2, 0.25) is 5.91 Å². The summed E-state index contributed by atoms with van der Waals surface area (Å²) < 4.78 is 0. The Morgan fingerprint density at radius 2 is 2.11 bits per heavy atom. The highest BCUT2D eigenvalue weighted by Crippen LogP contribution is 2.29. The fourth-order valence-electron chi connectivity index (χ4n) is 2.41. The number of rotatable bonds is 5. The average Bonchev–Trinajstić information content (AvgIpc) is 2.35. The third-order valence-electron chi connectivity index (χ3n) is 3.74. The fourth-order valence-corrected chi connectivity index (χ4v) is 2.41. The Hall–Kier alpha value is -1.10. The van der Waals surface area contributed by atoms with Gasteiger partial charge in [-0.15, -0.1) is 0 Å². The fraction of sp³-hybridized carbons (Fsp3) is 0.846. The molecule has 0 radical (unpaired) electrons. The number of carbonyl (C=O) groups excluding carboxylic acids is 1. The minimum atomic E-state index is -1.03. The molecule has 0 aromatic carbocycles. The summed E-state index contributed by atoms with van der Waals surface area (Å²) in [6.45, 7) is 7.46. The molecule has 5 heteroatoms. The predicted octanol–water partition coefficient (Wildman–Crippen LogP) is 1.09. The summed E-state index contributed by atoms with van der Waals surface area (Å²) in [7, 11) is 0. The number of piperidine rings is 1. The SMILES string of the molecule is CCNCC(C)C(=O)N1CCCCC1(C)C(=O)O. The molecule has 1 aliphatic rings. The summed E-state index contributed by atoms with van der Waals surface area (Å²) in [4.78, 5) is 25.3. The molecule has 0 aliphatic carbocycles. The van der Waals surface area contributed by atoms with E-state index in [0.29, 0.717) is 19.5 Å². The first-order chi connectivity index (χ1) is 8.43. The highest BCUT2D eigenvalue weighted by atomic mass is 16.4. The molecule has 1 fully saturated rings. The normalized spacial score (nSPS) is 25.8. The molecule has 0 spiro atoms. The lowest BCUT2D eigenvalue weighted by molar-refractivity contribution is -0.162. The van der Waals surface area contributed by atoms with E-state index in [9.17, 15) is 14.7 Å². The maximum atomic E-state index is 12.3. The van der Waals surface area contributed by atoms with Crippen LogP contribution >= 0.6 is 0 Å². The van der Waals surface area contributed by atoms with Crippen LogP contribution in [0.15, 0.2) is 0 Å². The number of carboxylic acids is 1. The largest absolute Gasteiger partial charge is 0.480 e. The number of aliphatic carboxylic acids is 1. The topological polar surface area (TPSA) is 69.6 Å². The summed E-state index contributed by atoms with van der Waals surface area (Å²) >= 11 is 0. The van der Waals surface area contributed by atoms with E-state index in [1.807, 2.05) is 13.8 Å². The molecule has 0 saturated carbocycles. The smallest absolute Gasteiger partial charge is 0.329 e. The molecule has 18 heavy (non-hydrogen) atoms. The quantitative estimate of drug-likeness (QED) is 0.772. The van der Waals surface area contributed by atoms with Crippen molar-refractivity contribution in [3.05, 3.63) is 0 Å².